The van der Waals surface area contributed by atoms with Crippen molar-refractivity contribution in [2.75, 3.05) is 13.2 Å². The molecule has 0 bridgehead atoms. The summed E-state index contributed by atoms with van der Waals surface area (Å²) in [5, 5.41) is 18.1. The highest BCUT2D eigenvalue weighted by molar-refractivity contribution is 5.95. The first-order valence-corrected chi connectivity index (χ1v) is 4.77. The minimum Gasteiger partial charge on any atom is -0.480 e. The fourth-order valence-electron chi connectivity index (χ4n) is 0.847. The normalized spacial score (nSPS) is 8.62. The lowest BCUT2D eigenvalue weighted by Gasteiger charge is -2.00. The summed E-state index contributed by atoms with van der Waals surface area (Å²) in [4.78, 5) is 21.3. The molecule has 5 nitrogen and oxygen atoms in total. The van der Waals surface area contributed by atoms with E-state index in [0.29, 0.717) is 5.56 Å². The lowest BCUT2D eigenvalue weighted by Crippen LogP contribution is -2.29. The van der Waals surface area contributed by atoms with Gasteiger partial charge in [0.05, 0.1) is 0 Å². The van der Waals surface area contributed by atoms with E-state index in [2.05, 4.69) is 5.32 Å². The zero-order chi connectivity index (χ0) is 12.4. The molecule has 0 saturated carbocycles. The van der Waals surface area contributed by atoms with Crippen molar-refractivity contribution in [2.24, 2.45) is 0 Å². The van der Waals surface area contributed by atoms with Gasteiger partial charge in [0.1, 0.15) is 6.54 Å². The number of carboxylic acids is 1. The summed E-state index contributed by atoms with van der Waals surface area (Å²) in [6.45, 7) is 1.58. The Morgan fingerprint density at radius 1 is 1.25 bits per heavy atom. The number of aliphatic carboxylic acids is 1. The summed E-state index contributed by atoms with van der Waals surface area (Å²) < 4.78 is 0. The minimum absolute atomic E-state index is 0.250. The molecule has 0 aliphatic carbocycles. The second-order valence-electron chi connectivity index (χ2n) is 2.76. The second kappa shape index (κ2) is 8.43. The van der Waals surface area contributed by atoms with Gasteiger partial charge >= 0.3 is 5.97 Å². The summed E-state index contributed by atoms with van der Waals surface area (Å²) >= 11 is 0. The first-order valence-electron chi connectivity index (χ1n) is 4.77. The molecule has 0 spiro atoms. The summed E-state index contributed by atoms with van der Waals surface area (Å²) in [6, 6.07) is 8.47. The van der Waals surface area contributed by atoms with Gasteiger partial charge in [-0.1, -0.05) is 18.2 Å². The molecule has 3 N–H and O–H groups in total. The zero-order valence-corrected chi connectivity index (χ0v) is 9.01. The number of amides is 1. The molecule has 0 saturated heterocycles. The highest BCUT2D eigenvalue weighted by atomic mass is 16.4. The van der Waals surface area contributed by atoms with Gasteiger partial charge in [0.25, 0.3) is 5.91 Å². The second-order valence-corrected chi connectivity index (χ2v) is 2.76. The molecule has 1 aromatic carbocycles. The van der Waals surface area contributed by atoms with E-state index in [1.165, 1.54) is 0 Å². The highest BCUT2D eigenvalue weighted by Crippen LogP contribution is 1.96. The van der Waals surface area contributed by atoms with Crippen molar-refractivity contribution in [1.29, 1.82) is 0 Å². The van der Waals surface area contributed by atoms with Crippen LogP contribution in [0, 0.1) is 0 Å². The van der Waals surface area contributed by atoms with Crippen molar-refractivity contribution in [3.63, 3.8) is 0 Å². The number of aliphatic hydroxyl groups excluding tert-OH is 1. The average molecular weight is 225 g/mol. The molecule has 0 unspecified atom stereocenters. The van der Waals surface area contributed by atoms with Gasteiger partial charge in [0, 0.05) is 12.2 Å². The van der Waals surface area contributed by atoms with Gasteiger partial charge in [0.15, 0.2) is 0 Å². The predicted octanol–water partition coefficient (Wildman–Crippen LogP) is 0.500. The molecule has 1 rings (SSSR count). The monoisotopic (exact) mass is 225 g/mol. The van der Waals surface area contributed by atoms with Crippen LogP contribution in [0.15, 0.2) is 30.3 Å². The topological polar surface area (TPSA) is 86.6 Å². The van der Waals surface area contributed by atoms with E-state index in [1.54, 1.807) is 37.3 Å². The molecule has 88 valence electrons. The van der Waals surface area contributed by atoms with Gasteiger partial charge < -0.3 is 15.5 Å². The van der Waals surface area contributed by atoms with E-state index in [4.69, 9.17) is 10.2 Å². The summed E-state index contributed by atoms with van der Waals surface area (Å²) in [5.74, 6) is -1.42. The molecule has 0 radical (unpaired) electrons. The summed E-state index contributed by atoms with van der Waals surface area (Å²) in [5.41, 5.74) is 0.462. The molecule has 0 heterocycles. The third-order valence-electron chi connectivity index (χ3n) is 1.44. The van der Waals surface area contributed by atoms with E-state index >= 15 is 0 Å². The SMILES string of the molecule is CCO.O=C(O)CNC(=O)c1ccccc1. The standard InChI is InChI=1S/C9H9NO3.C2H6O/c11-8(12)6-10-9(13)7-4-2-1-3-5-7;1-2-3/h1-5H,6H2,(H,10,13)(H,11,12);3H,2H2,1H3. The van der Waals surface area contributed by atoms with Crippen LogP contribution in [-0.4, -0.2) is 35.2 Å². The van der Waals surface area contributed by atoms with Crippen LogP contribution in [0.4, 0.5) is 0 Å². The predicted molar refractivity (Wildman–Crippen MR) is 59.2 cm³/mol. The van der Waals surface area contributed by atoms with E-state index in [9.17, 15) is 9.59 Å². The fraction of sp³-hybridized carbons (Fsp3) is 0.273. The first-order chi connectivity index (χ1) is 7.61. The van der Waals surface area contributed by atoms with Gasteiger partial charge in [0.2, 0.25) is 0 Å². The van der Waals surface area contributed by atoms with Crippen LogP contribution < -0.4 is 5.32 Å². The number of aliphatic hydroxyl groups is 1. The maximum Gasteiger partial charge on any atom is 0.322 e. The number of hydrogen-bond acceptors (Lipinski definition) is 3. The van der Waals surface area contributed by atoms with Crippen molar-refractivity contribution < 1.29 is 19.8 Å². The van der Waals surface area contributed by atoms with Crippen molar-refractivity contribution in [1.82, 2.24) is 5.32 Å². The Morgan fingerprint density at radius 3 is 2.19 bits per heavy atom. The van der Waals surface area contributed by atoms with Crippen LogP contribution in [0.5, 0.6) is 0 Å². The van der Waals surface area contributed by atoms with E-state index < -0.39 is 5.97 Å². The molecule has 5 heteroatoms. The van der Waals surface area contributed by atoms with Gasteiger partial charge in [-0.3, -0.25) is 9.59 Å². The van der Waals surface area contributed by atoms with Crippen molar-refractivity contribution >= 4 is 11.9 Å². The lowest BCUT2D eigenvalue weighted by molar-refractivity contribution is -0.135. The molecule has 0 aromatic heterocycles. The quantitative estimate of drug-likeness (QED) is 0.699. The third-order valence-corrected chi connectivity index (χ3v) is 1.44. The molecule has 0 aliphatic heterocycles. The number of carbonyl (C=O) groups is 2. The zero-order valence-electron chi connectivity index (χ0n) is 9.01. The van der Waals surface area contributed by atoms with E-state index in [1.807, 2.05) is 0 Å². The molecule has 16 heavy (non-hydrogen) atoms. The van der Waals surface area contributed by atoms with E-state index in [0.717, 1.165) is 0 Å². The molecule has 0 atom stereocenters. The van der Waals surface area contributed by atoms with Crippen molar-refractivity contribution in [3.05, 3.63) is 35.9 Å². The molecule has 1 amide bonds. The maximum absolute atomic E-state index is 11.2. The van der Waals surface area contributed by atoms with Gasteiger partial charge in [-0.15, -0.1) is 0 Å². The number of carbonyl (C=O) groups excluding carboxylic acids is 1. The number of hydrogen-bond donors (Lipinski definition) is 3. The minimum atomic E-state index is -1.05. The Hall–Kier alpha value is -1.88. The van der Waals surface area contributed by atoms with Crippen LogP contribution in [0.2, 0.25) is 0 Å². The molecule has 0 fully saturated rings. The summed E-state index contributed by atoms with van der Waals surface area (Å²) in [6.07, 6.45) is 0. The van der Waals surface area contributed by atoms with Crippen LogP contribution in [0.3, 0.4) is 0 Å². The Balaban J connectivity index is 0.000000673. The number of carboxylic acid groups (broad SMARTS) is 1. The summed E-state index contributed by atoms with van der Waals surface area (Å²) in [7, 11) is 0. The Bertz CT molecular complexity index is 324. The first kappa shape index (κ1) is 14.1. The van der Waals surface area contributed by atoms with E-state index in [-0.39, 0.29) is 19.1 Å². The smallest absolute Gasteiger partial charge is 0.322 e. The maximum atomic E-state index is 11.2. The van der Waals surface area contributed by atoms with Crippen LogP contribution in [-0.2, 0) is 4.79 Å². The Labute approximate surface area is 93.7 Å². The molecule has 1 aromatic rings. The third kappa shape index (κ3) is 6.56. The van der Waals surface area contributed by atoms with Crippen LogP contribution in [0.1, 0.15) is 17.3 Å². The van der Waals surface area contributed by atoms with Gasteiger partial charge in [-0.05, 0) is 19.1 Å². The van der Waals surface area contributed by atoms with Crippen molar-refractivity contribution in [2.45, 2.75) is 6.92 Å². The number of rotatable bonds is 3. The molecule has 0 aliphatic rings. The van der Waals surface area contributed by atoms with Gasteiger partial charge in [-0.25, -0.2) is 0 Å². The average Bonchev–Trinajstić information content (AvgIpc) is 2.28. The largest absolute Gasteiger partial charge is 0.480 e. The Kier molecular flexibility index (Phi) is 7.44. The Morgan fingerprint density at radius 2 is 1.75 bits per heavy atom. The molecular formula is C11H15NO4. The highest BCUT2D eigenvalue weighted by Gasteiger charge is 2.04. The molecular weight excluding hydrogens is 210 g/mol. The fourth-order valence-corrected chi connectivity index (χ4v) is 0.847. The number of benzene rings is 1. The number of nitrogens with one attached hydrogen (secondary N) is 1. The van der Waals surface area contributed by atoms with Gasteiger partial charge in [-0.2, -0.15) is 0 Å². The van der Waals surface area contributed by atoms with Crippen LogP contribution >= 0.6 is 0 Å². The lowest BCUT2D eigenvalue weighted by atomic mass is 10.2. The van der Waals surface area contributed by atoms with Crippen molar-refractivity contribution in [3.8, 4) is 0 Å². The van der Waals surface area contributed by atoms with Crippen LogP contribution in [0.25, 0.3) is 0 Å².